The summed E-state index contributed by atoms with van der Waals surface area (Å²) in [6.45, 7) is 1.03. The molecule has 3 aliphatic rings. The highest BCUT2D eigenvalue weighted by molar-refractivity contribution is 5.37. The first kappa shape index (κ1) is 6.12. The third kappa shape index (κ3) is 0.644. The average molecular weight is 158 g/mol. The molecule has 12 heavy (non-hydrogen) atoms. The van der Waals surface area contributed by atoms with Gasteiger partial charge < -0.3 is 9.80 Å². The van der Waals surface area contributed by atoms with Crippen molar-refractivity contribution in [3.05, 3.63) is 48.5 Å². The van der Waals surface area contributed by atoms with Gasteiger partial charge in [0, 0.05) is 25.1 Å². The second-order valence-electron chi connectivity index (χ2n) is 3.23. The van der Waals surface area contributed by atoms with Crippen molar-refractivity contribution < 1.29 is 0 Å². The minimum absolute atomic E-state index is 0.444. The van der Waals surface area contributed by atoms with Crippen LogP contribution in [0.3, 0.4) is 0 Å². The lowest BCUT2D eigenvalue weighted by Gasteiger charge is -2.35. The van der Waals surface area contributed by atoms with E-state index in [0.717, 1.165) is 6.54 Å². The Morgan fingerprint density at radius 2 is 2.25 bits per heavy atom. The molecule has 3 heterocycles. The van der Waals surface area contributed by atoms with Gasteiger partial charge in [-0.3, -0.25) is 0 Å². The van der Waals surface area contributed by atoms with Crippen molar-refractivity contribution in [3.8, 4) is 0 Å². The predicted octanol–water partition coefficient (Wildman–Crippen LogP) is 1.42. The van der Waals surface area contributed by atoms with Gasteiger partial charge in [0.25, 0.3) is 0 Å². The number of nitrogens with zero attached hydrogens (tertiary/aromatic N) is 2. The van der Waals surface area contributed by atoms with Crippen LogP contribution in [0.1, 0.15) is 0 Å². The second kappa shape index (κ2) is 2.03. The molecule has 0 aromatic rings. The molecular formula is C10H10N2. The zero-order valence-corrected chi connectivity index (χ0v) is 6.72. The molecule has 1 unspecified atom stereocenters. The Bertz CT molecular complexity index is 323. The Morgan fingerprint density at radius 1 is 1.25 bits per heavy atom. The van der Waals surface area contributed by atoms with E-state index in [4.69, 9.17) is 0 Å². The van der Waals surface area contributed by atoms with Crippen molar-refractivity contribution in [2.75, 3.05) is 6.54 Å². The maximum Gasteiger partial charge on any atom is 0.131 e. The number of hydrogen-bond acceptors (Lipinski definition) is 2. The monoisotopic (exact) mass is 158 g/mol. The topological polar surface area (TPSA) is 6.48 Å². The fourth-order valence-corrected chi connectivity index (χ4v) is 1.94. The minimum atomic E-state index is 0.444. The van der Waals surface area contributed by atoms with Crippen LogP contribution in [0.4, 0.5) is 0 Å². The summed E-state index contributed by atoms with van der Waals surface area (Å²) < 4.78 is 0. The molecule has 3 rings (SSSR count). The molecule has 3 aliphatic heterocycles. The first-order valence-electron chi connectivity index (χ1n) is 4.21. The van der Waals surface area contributed by atoms with Gasteiger partial charge in [0.1, 0.15) is 6.17 Å². The molecule has 2 nitrogen and oxygen atoms in total. The van der Waals surface area contributed by atoms with Crippen LogP contribution in [0.15, 0.2) is 48.5 Å². The van der Waals surface area contributed by atoms with E-state index >= 15 is 0 Å². The molecule has 0 bridgehead atoms. The van der Waals surface area contributed by atoms with E-state index in [9.17, 15) is 0 Å². The summed E-state index contributed by atoms with van der Waals surface area (Å²) >= 11 is 0. The van der Waals surface area contributed by atoms with Crippen molar-refractivity contribution in [2.24, 2.45) is 0 Å². The minimum Gasteiger partial charge on any atom is -0.348 e. The summed E-state index contributed by atoms with van der Waals surface area (Å²) in [6, 6.07) is 0. The smallest absolute Gasteiger partial charge is 0.131 e. The molecule has 0 aromatic carbocycles. The van der Waals surface area contributed by atoms with Gasteiger partial charge in [-0.15, -0.1) is 0 Å². The Balaban J connectivity index is 2.11. The van der Waals surface area contributed by atoms with E-state index in [1.165, 1.54) is 5.57 Å². The summed E-state index contributed by atoms with van der Waals surface area (Å²) in [5, 5.41) is 0. The highest BCUT2D eigenvalue weighted by atomic mass is 15.4. The molecule has 0 amide bonds. The fraction of sp³-hybridized carbons (Fsp3) is 0.200. The molecule has 0 aromatic heterocycles. The van der Waals surface area contributed by atoms with E-state index in [0.29, 0.717) is 6.17 Å². The van der Waals surface area contributed by atoms with Gasteiger partial charge in [-0.2, -0.15) is 0 Å². The summed E-state index contributed by atoms with van der Waals surface area (Å²) in [7, 11) is 0. The van der Waals surface area contributed by atoms with E-state index < -0.39 is 0 Å². The first-order valence-corrected chi connectivity index (χ1v) is 4.21. The van der Waals surface area contributed by atoms with Gasteiger partial charge in [0.15, 0.2) is 0 Å². The van der Waals surface area contributed by atoms with Crippen LogP contribution in [-0.2, 0) is 0 Å². The Hall–Kier alpha value is -1.44. The predicted molar refractivity (Wildman–Crippen MR) is 47.8 cm³/mol. The highest BCUT2D eigenvalue weighted by Crippen LogP contribution is 2.28. The highest BCUT2D eigenvalue weighted by Gasteiger charge is 2.29. The van der Waals surface area contributed by atoms with E-state index in [1.54, 1.807) is 0 Å². The average Bonchev–Trinajstić information content (AvgIpc) is 2.52. The van der Waals surface area contributed by atoms with Crippen LogP contribution < -0.4 is 0 Å². The Kier molecular flexibility index (Phi) is 1.04. The van der Waals surface area contributed by atoms with Crippen molar-refractivity contribution in [3.63, 3.8) is 0 Å². The maximum absolute atomic E-state index is 2.33. The van der Waals surface area contributed by atoms with Gasteiger partial charge in [-0.25, -0.2) is 0 Å². The lowest BCUT2D eigenvalue weighted by atomic mass is 10.1. The van der Waals surface area contributed by atoms with Gasteiger partial charge in [-0.05, 0) is 11.6 Å². The van der Waals surface area contributed by atoms with E-state index in [2.05, 4.69) is 52.7 Å². The van der Waals surface area contributed by atoms with Crippen LogP contribution >= 0.6 is 0 Å². The van der Waals surface area contributed by atoms with Crippen LogP contribution in [0, 0.1) is 0 Å². The molecule has 0 radical (unpaired) electrons. The molecule has 1 atom stereocenters. The van der Waals surface area contributed by atoms with Gasteiger partial charge in [0.2, 0.25) is 0 Å². The lowest BCUT2D eigenvalue weighted by Crippen LogP contribution is -2.40. The normalized spacial score (nSPS) is 29.3. The Morgan fingerprint density at radius 3 is 3.25 bits per heavy atom. The molecule has 0 spiro atoms. The summed E-state index contributed by atoms with van der Waals surface area (Å²) in [5.41, 5.74) is 1.38. The molecule has 0 N–H and O–H groups in total. The van der Waals surface area contributed by atoms with E-state index in [1.807, 2.05) is 0 Å². The fourth-order valence-electron chi connectivity index (χ4n) is 1.94. The molecule has 0 fully saturated rings. The van der Waals surface area contributed by atoms with Crippen LogP contribution in [-0.4, -0.2) is 22.5 Å². The van der Waals surface area contributed by atoms with Crippen molar-refractivity contribution in [2.45, 2.75) is 6.17 Å². The third-order valence-electron chi connectivity index (χ3n) is 2.50. The van der Waals surface area contributed by atoms with Gasteiger partial charge in [-0.1, -0.05) is 18.2 Å². The van der Waals surface area contributed by atoms with Gasteiger partial charge in [0.05, 0.1) is 0 Å². The summed E-state index contributed by atoms with van der Waals surface area (Å²) in [5.74, 6) is 0. The number of hydrogen-bond donors (Lipinski definition) is 0. The molecule has 60 valence electrons. The van der Waals surface area contributed by atoms with Crippen molar-refractivity contribution in [1.29, 1.82) is 0 Å². The molecule has 0 saturated carbocycles. The first-order chi connectivity index (χ1) is 5.95. The molecular weight excluding hydrogens is 148 g/mol. The second-order valence-corrected chi connectivity index (χ2v) is 3.23. The zero-order chi connectivity index (χ0) is 7.97. The van der Waals surface area contributed by atoms with Crippen LogP contribution in [0.25, 0.3) is 0 Å². The number of allylic oxidation sites excluding steroid dienone is 2. The SMILES string of the molecule is C1=CN2C=CN3CC=CC(=C1)C23. The summed E-state index contributed by atoms with van der Waals surface area (Å²) in [6.07, 6.45) is 15.5. The largest absolute Gasteiger partial charge is 0.348 e. The number of rotatable bonds is 0. The van der Waals surface area contributed by atoms with Crippen LogP contribution in [0.5, 0.6) is 0 Å². The quantitative estimate of drug-likeness (QED) is 0.526. The third-order valence-corrected chi connectivity index (χ3v) is 2.50. The Labute approximate surface area is 71.8 Å². The summed E-state index contributed by atoms with van der Waals surface area (Å²) in [4.78, 5) is 4.56. The van der Waals surface area contributed by atoms with Crippen molar-refractivity contribution >= 4 is 0 Å². The maximum atomic E-state index is 2.33. The molecule has 0 saturated heterocycles. The van der Waals surface area contributed by atoms with Crippen molar-refractivity contribution in [1.82, 2.24) is 9.80 Å². The molecule has 0 aliphatic carbocycles. The standard InChI is InChI=1S/C10H10N2/c1-3-9-4-2-6-12-8-7-11(5-1)10(9)12/h1-5,7-8,10H,6H2. The van der Waals surface area contributed by atoms with Crippen LogP contribution in [0.2, 0.25) is 0 Å². The van der Waals surface area contributed by atoms with E-state index in [-0.39, 0.29) is 0 Å². The molecule has 2 heteroatoms. The van der Waals surface area contributed by atoms with Gasteiger partial charge >= 0.3 is 0 Å². The zero-order valence-electron chi connectivity index (χ0n) is 6.72. The lowest BCUT2D eigenvalue weighted by molar-refractivity contribution is 0.240.